The lowest BCUT2D eigenvalue weighted by molar-refractivity contribution is 0.0600. The number of rotatable bonds is 6. The van der Waals surface area contributed by atoms with Gasteiger partial charge in [0.15, 0.2) is 0 Å². The number of benzene rings is 1. The fourth-order valence-electron chi connectivity index (χ4n) is 2.77. The van der Waals surface area contributed by atoms with Gasteiger partial charge in [0.05, 0.1) is 6.10 Å². The van der Waals surface area contributed by atoms with Gasteiger partial charge in [-0.1, -0.05) is 22.9 Å². The molecular weight excluding hydrogens is 323 g/mol. The zero-order chi connectivity index (χ0) is 14.5. The smallest absolute Gasteiger partial charge is 0.123 e. The Hall–Kier alpha value is -0.490. The maximum atomic E-state index is 13.5. The third kappa shape index (κ3) is 3.79. The SMILES string of the molecule is CCN(CC1CCCO1)C(CN)c1cc(F)ccc1Br. The van der Waals surface area contributed by atoms with Gasteiger partial charge in [-0.3, -0.25) is 4.90 Å². The van der Waals surface area contributed by atoms with Crippen LogP contribution in [-0.4, -0.2) is 37.2 Å². The minimum atomic E-state index is -0.227. The Morgan fingerprint density at radius 1 is 1.55 bits per heavy atom. The minimum Gasteiger partial charge on any atom is -0.377 e. The van der Waals surface area contributed by atoms with Crippen LogP contribution in [0, 0.1) is 5.82 Å². The van der Waals surface area contributed by atoms with Crippen LogP contribution < -0.4 is 5.73 Å². The molecule has 1 aromatic rings. The minimum absolute atomic E-state index is 0.00859. The van der Waals surface area contributed by atoms with E-state index in [0.717, 1.165) is 42.6 Å². The van der Waals surface area contributed by atoms with Gasteiger partial charge in [0.1, 0.15) is 5.82 Å². The van der Waals surface area contributed by atoms with Crippen LogP contribution in [0.25, 0.3) is 0 Å². The molecule has 1 fully saturated rings. The summed E-state index contributed by atoms with van der Waals surface area (Å²) in [4.78, 5) is 2.27. The molecule has 0 aliphatic carbocycles. The Kier molecular flexibility index (Phi) is 5.96. The van der Waals surface area contributed by atoms with Crippen molar-refractivity contribution in [3.8, 4) is 0 Å². The number of halogens is 2. The molecule has 5 heteroatoms. The zero-order valence-corrected chi connectivity index (χ0v) is 13.4. The van der Waals surface area contributed by atoms with Crippen LogP contribution in [0.2, 0.25) is 0 Å². The summed E-state index contributed by atoms with van der Waals surface area (Å²) >= 11 is 3.50. The van der Waals surface area contributed by atoms with E-state index in [1.807, 2.05) is 0 Å². The fourth-order valence-corrected chi connectivity index (χ4v) is 3.28. The van der Waals surface area contributed by atoms with Crippen molar-refractivity contribution in [1.82, 2.24) is 4.90 Å². The van der Waals surface area contributed by atoms with E-state index in [1.54, 1.807) is 12.1 Å². The second-order valence-corrected chi connectivity index (χ2v) is 5.99. The highest BCUT2D eigenvalue weighted by Gasteiger charge is 2.25. The van der Waals surface area contributed by atoms with Gasteiger partial charge in [0, 0.05) is 30.2 Å². The summed E-state index contributed by atoms with van der Waals surface area (Å²) in [5.41, 5.74) is 6.86. The lowest BCUT2D eigenvalue weighted by atomic mass is 10.0. The number of likely N-dealkylation sites (N-methyl/N-ethyl adjacent to an activating group) is 1. The normalized spacial score (nSPS) is 20.6. The van der Waals surface area contributed by atoms with E-state index >= 15 is 0 Å². The van der Waals surface area contributed by atoms with Crippen molar-refractivity contribution in [1.29, 1.82) is 0 Å². The van der Waals surface area contributed by atoms with Crippen molar-refractivity contribution in [2.45, 2.75) is 31.9 Å². The van der Waals surface area contributed by atoms with Crippen LogP contribution in [0.3, 0.4) is 0 Å². The van der Waals surface area contributed by atoms with Gasteiger partial charge in [-0.2, -0.15) is 0 Å². The first-order valence-corrected chi connectivity index (χ1v) is 7.95. The van der Waals surface area contributed by atoms with Gasteiger partial charge in [0.2, 0.25) is 0 Å². The Bertz CT molecular complexity index is 438. The van der Waals surface area contributed by atoms with E-state index in [-0.39, 0.29) is 18.0 Å². The monoisotopic (exact) mass is 344 g/mol. The van der Waals surface area contributed by atoms with Crippen molar-refractivity contribution in [3.05, 3.63) is 34.1 Å². The third-order valence-corrected chi connectivity index (χ3v) is 4.57. The molecule has 20 heavy (non-hydrogen) atoms. The molecule has 2 atom stereocenters. The summed E-state index contributed by atoms with van der Waals surface area (Å²) < 4.78 is 20.1. The molecule has 0 amide bonds. The first-order valence-electron chi connectivity index (χ1n) is 7.16. The molecule has 0 bridgehead atoms. The number of nitrogens with two attached hydrogens (primary N) is 1. The number of hydrogen-bond acceptors (Lipinski definition) is 3. The molecule has 0 radical (unpaired) electrons. The van der Waals surface area contributed by atoms with Crippen molar-refractivity contribution in [2.24, 2.45) is 5.73 Å². The van der Waals surface area contributed by atoms with Crippen LogP contribution in [0.5, 0.6) is 0 Å². The second-order valence-electron chi connectivity index (χ2n) is 5.14. The Morgan fingerprint density at radius 2 is 2.35 bits per heavy atom. The quantitative estimate of drug-likeness (QED) is 0.861. The number of hydrogen-bond donors (Lipinski definition) is 1. The molecule has 2 rings (SSSR count). The molecule has 1 aliphatic heterocycles. The average molecular weight is 345 g/mol. The van der Waals surface area contributed by atoms with Gasteiger partial charge < -0.3 is 10.5 Å². The molecule has 112 valence electrons. The molecule has 2 unspecified atom stereocenters. The van der Waals surface area contributed by atoms with E-state index < -0.39 is 0 Å². The molecule has 0 saturated carbocycles. The van der Waals surface area contributed by atoms with E-state index in [1.165, 1.54) is 6.07 Å². The summed E-state index contributed by atoms with van der Waals surface area (Å²) in [5, 5.41) is 0. The highest BCUT2D eigenvalue weighted by molar-refractivity contribution is 9.10. The molecule has 0 aromatic heterocycles. The summed E-state index contributed by atoms with van der Waals surface area (Å²) in [6, 6.07) is 4.78. The predicted molar refractivity (Wildman–Crippen MR) is 82.1 cm³/mol. The van der Waals surface area contributed by atoms with Crippen LogP contribution in [0.1, 0.15) is 31.4 Å². The van der Waals surface area contributed by atoms with Crippen LogP contribution in [0.15, 0.2) is 22.7 Å². The van der Waals surface area contributed by atoms with Gasteiger partial charge in [-0.25, -0.2) is 4.39 Å². The lowest BCUT2D eigenvalue weighted by Gasteiger charge is -2.32. The van der Waals surface area contributed by atoms with Gasteiger partial charge in [-0.15, -0.1) is 0 Å². The Morgan fingerprint density at radius 3 is 2.95 bits per heavy atom. The molecule has 1 aromatic carbocycles. The molecule has 2 N–H and O–H groups in total. The molecule has 1 heterocycles. The van der Waals surface area contributed by atoms with E-state index in [9.17, 15) is 4.39 Å². The molecule has 0 spiro atoms. The van der Waals surface area contributed by atoms with Gasteiger partial charge in [-0.05, 0) is 43.1 Å². The standard InChI is InChI=1S/C15H22BrFN2O/c1-2-19(10-12-4-3-7-20-12)15(9-18)13-8-11(17)5-6-14(13)16/h5-6,8,12,15H,2-4,7,9-10,18H2,1H3. The zero-order valence-electron chi connectivity index (χ0n) is 11.8. The summed E-state index contributed by atoms with van der Waals surface area (Å²) in [5.74, 6) is -0.227. The first kappa shape index (κ1) is 15.9. The largest absolute Gasteiger partial charge is 0.377 e. The Balaban J connectivity index is 2.17. The summed E-state index contributed by atoms with van der Waals surface area (Å²) in [6.07, 6.45) is 2.49. The van der Waals surface area contributed by atoms with Crippen LogP contribution >= 0.6 is 15.9 Å². The van der Waals surface area contributed by atoms with E-state index in [0.29, 0.717) is 6.54 Å². The van der Waals surface area contributed by atoms with E-state index in [4.69, 9.17) is 10.5 Å². The maximum absolute atomic E-state index is 13.5. The van der Waals surface area contributed by atoms with Crippen LogP contribution in [0.4, 0.5) is 4.39 Å². The number of nitrogens with zero attached hydrogens (tertiary/aromatic N) is 1. The van der Waals surface area contributed by atoms with Crippen molar-refractivity contribution in [3.63, 3.8) is 0 Å². The summed E-state index contributed by atoms with van der Waals surface area (Å²) in [7, 11) is 0. The van der Waals surface area contributed by atoms with Crippen molar-refractivity contribution >= 4 is 15.9 Å². The highest BCUT2D eigenvalue weighted by atomic mass is 79.9. The predicted octanol–water partition coefficient (Wildman–Crippen LogP) is 3.09. The van der Waals surface area contributed by atoms with Crippen molar-refractivity contribution < 1.29 is 9.13 Å². The van der Waals surface area contributed by atoms with Gasteiger partial charge >= 0.3 is 0 Å². The van der Waals surface area contributed by atoms with E-state index in [2.05, 4.69) is 27.8 Å². The lowest BCUT2D eigenvalue weighted by Crippen LogP contribution is -2.39. The molecule has 3 nitrogen and oxygen atoms in total. The molecule has 1 aliphatic rings. The fraction of sp³-hybridized carbons (Fsp3) is 0.600. The maximum Gasteiger partial charge on any atom is 0.123 e. The first-order chi connectivity index (χ1) is 9.65. The number of ether oxygens (including phenoxy) is 1. The second kappa shape index (κ2) is 7.50. The van der Waals surface area contributed by atoms with Gasteiger partial charge in [0.25, 0.3) is 0 Å². The molecular formula is C15H22BrFN2O. The average Bonchev–Trinajstić information content (AvgIpc) is 2.95. The van der Waals surface area contributed by atoms with Crippen LogP contribution in [-0.2, 0) is 4.74 Å². The molecule has 1 saturated heterocycles. The topological polar surface area (TPSA) is 38.5 Å². The summed E-state index contributed by atoms with van der Waals surface area (Å²) in [6.45, 7) is 5.12. The Labute approximate surface area is 128 Å². The highest BCUT2D eigenvalue weighted by Crippen LogP contribution is 2.29. The van der Waals surface area contributed by atoms with Crippen molar-refractivity contribution in [2.75, 3.05) is 26.2 Å². The third-order valence-electron chi connectivity index (χ3n) is 3.85.